The van der Waals surface area contributed by atoms with Crippen LogP contribution < -0.4 is 0 Å². The molecule has 0 N–H and O–H groups in total. The van der Waals surface area contributed by atoms with Gasteiger partial charge in [-0.05, 0) is 56.9 Å². The Morgan fingerprint density at radius 3 is 2.68 bits per heavy atom. The lowest BCUT2D eigenvalue weighted by molar-refractivity contribution is 0.0738. The van der Waals surface area contributed by atoms with Gasteiger partial charge in [0, 0.05) is 4.90 Å². The minimum absolute atomic E-state index is 0.0227. The molecule has 1 aromatic rings. The predicted molar refractivity (Wildman–Crippen MR) is 78.2 cm³/mol. The molecule has 102 valence electrons. The molecule has 0 radical (unpaired) electrons. The number of benzene rings is 1. The lowest BCUT2D eigenvalue weighted by atomic mass is 10.2. The van der Waals surface area contributed by atoms with Crippen molar-refractivity contribution in [3.8, 4) is 0 Å². The van der Waals surface area contributed by atoms with Crippen LogP contribution in [0.3, 0.4) is 0 Å². The molecule has 0 atom stereocenters. The van der Waals surface area contributed by atoms with Crippen LogP contribution in [0, 0.1) is 5.82 Å². The summed E-state index contributed by atoms with van der Waals surface area (Å²) in [5.41, 5.74) is -0.628. The van der Waals surface area contributed by atoms with E-state index in [0.29, 0.717) is 4.90 Å². The molecular formula is C12H11ClFNO2S2. The second kappa shape index (κ2) is 6.48. The van der Waals surface area contributed by atoms with Crippen molar-refractivity contribution in [3.05, 3.63) is 23.0 Å². The van der Waals surface area contributed by atoms with Crippen LogP contribution in [0.4, 0.5) is 14.9 Å². The number of ether oxygens (including phenoxy) is 1. The number of carbonyl (C=O) groups excluding carboxylic acids is 1. The Balaban J connectivity index is 2.98. The molecule has 0 unspecified atom stereocenters. The summed E-state index contributed by atoms with van der Waals surface area (Å²) in [6, 6.07) is 2.39. The maximum Gasteiger partial charge on any atom is 0.372 e. The summed E-state index contributed by atoms with van der Waals surface area (Å²) in [7, 11) is 0. The molecule has 0 aliphatic rings. The van der Waals surface area contributed by atoms with E-state index >= 15 is 0 Å². The highest BCUT2D eigenvalue weighted by atomic mass is 35.5. The fourth-order valence-electron chi connectivity index (χ4n) is 1.09. The zero-order valence-corrected chi connectivity index (χ0v) is 12.9. The summed E-state index contributed by atoms with van der Waals surface area (Å²) in [6.45, 7) is 5.25. The molecule has 0 heterocycles. The van der Waals surface area contributed by atoms with Gasteiger partial charge in [-0.3, -0.25) is 0 Å². The molecule has 1 aromatic carbocycles. The lowest BCUT2D eigenvalue weighted by Crippen LogP contribution is -2.21. The molecule has 0 saturated heterocycles. The van der Waals surface area contributed by atoms with Gasteiger partial charge in [-0.25, -0.2) is 9.18 Å². The Kier molecular flexibility index (Phi) is 5.50. The Hall–Kier alpha value is -0.940. The van der Waals surface area contributed by atoms with Gasteiger partial charge in [-0.1, -0.05) is 11.6 Å². The number of aliphatic imine (C=N–C) groups is 1. The average molecular weight is 320 g/mol. The molecule has 19 heavy (non-hydrogen) atoms. The second-order valence-electron chi connectivity index (χ2n) is 4.50. The standard InChI is InChI=1S/C12H11ClFNO2S2/c1-12(2,3)17-11(16)19-10-5-9(15-6-18)8(14)4-7(10)13/h4-5H,1-3H3. The zero-order chi connectivity index (χ0) is 14.6. The number of isothiocyanates is 1. The maximum absolute atomic E-state index is 13.4. The molecular weight excluding hydrogens is 309 g/mol. The van der Waals surface area contributed by atoms with E-state index in [4.69, 9.17) is 16.3 Å². The van der Waals surface area contributed by atoms with Crippen molar-refractivity contribution in [1.82, 2.24) is 0 Å². The van der Waals surface area contributed by atoms with Gasteiger partial charge in [-0.2, -0.15) is 4.99 Å². The number of thioether (sulfide) groups is 1. The summed E-state index contributed by atoms with van der Waals surface area (Å²) in [6.07, 6.45) is 0. The fourth-order valence-corrected chi connectivity index (χ4v) is 2.25. The molecule has 7 heteroatoms. The highest BCUT2D eigenvalue weighted by molar-refractivity contribution is 8.13. The van der Waals surface area contributed by atoms with Gasteiger partial charge < -0.3 is 4.74 Å². The first-order valence-electron chi connectivity index (χ1n) is 5.20. The van der Waals surface area contributed by atoms with Gasteiger partial charge in [0.15, 0.2) is 5.82 Å². The second-order valence-corrected chi connectivity index (χ2v) is 6.07. The average Bonchev–Trinajstić information content (AvgIpc) is 2.22. The number of rotatable bonds is 2. The Bertz CT molecular complexity index is 551. The molecule has 0 saturated carbocycles. The summed E-state index contributed by atoms with van der Waals surface area (Å²) in [5.74, 6) is -0.629. The normalized spacial score (nSPS) is 10.8. The van der Waals surface area contributed by atoms with Gasteiger partial charge in [0.05, 0.1) is 10.2 Å². The van der Waals surface area contributed by atoms with Crippen LogP contribution in [0.25, 0.3) is 0 Å². The van der Waals surface area contributed by atoms with Crippen LogP contribution >= 0.6 is 35.6 Å². The van der Waals surface area contributed by atoms with E-state index in [1.807, 2.05) is 0 Å². The van der Waals surface area contributed by atoms with Gasteiger partial charge in [0.2, 0.25) is 0 Å². The summed E-state index contributed by atoms with van der Waals surface area (Å²) >= 11 is 11.0. The van der Waals surface area contributed by atoms with E-state index in [1.165, 1.54) is 6.07 Å². The van der Waals surface area contributed by atoms with Gasteiger partial charge in [0.25, 0.3) is 0 Å². The minimum Gasteiger partial charge on any atom is -0.452 e. The quantitative estimate of drug-likeness (QED) is 0.323. The predicted octanol–water partition coefficient (Wildman–Crippen LogP) is 5.24. The molecule has 0 aliphatic carbocycles. The van der Waals surface area contributed by atoms with E-state index < -0.39 is 16.7 Å². The van der Waals surface area contributed by atoms with Crippen molar-refractivity contribution in [1.29, 1.82) is 0 Å². The minimum atomic E-state index is -0.629. The number of hydrogen-bond acceptors (Lipinski definition) is 5. The van der Waals surface area contributed by atoms with Crippen LogP contribution in [-0.2, 0) is 4.74 Å². The third kappa shape index (κ3) is 5.28. The summed E-state index contributed by atoms with van der Waals surface area (Å²) < 4.78 is 18.6. The van der Waals surface area contributed by atoms with E-state index in [9.17, 15) is 9.18 Å². The largest absolute Gasteiger partial charge is 0.452 e. The highest BCUT2D eigenvalue weighted by Crippen LogP contribution is 2.34. The van der Waals surface area contributed by atoms with Crippen molar-refractivity contribution in [2.45, 2.75) is 31.3 Å². The van der Waals surface area contributed by atoms with Crippen LogP contribution in [0.2, 0.25) is 5.02 Å². The number of hydrogen-bond donors (Lipinski definition) is 0. The van der Waals surface area contributed by atoms with Crippen molar-refractivity contribution < 1.29 is 13.9 Å². The topological polar surface area (TPSA) is 38.7 Å². The van der Waals surface area contributed by atoms with Gasteiger partial charge in [-0.15, -0.1) is 0 Å². The number of carbonyl (C=O) groups is 1. The summed E-state index contributed by atoms with van der Waals surface area (Å²) in [5, 5.41) is 1.64. The molecule has 0 aromatic heterocycles. The van der Waals surface area contributed by atoms with Crippen molar-refractivity contribution >= 4 is 51.7 Å². The molecule has 3 nitrogen and oxygen atoms in total. The third-order valence-electron chi connectivity index (χ3n) is 1.75. The maximum atomic E-state index is 13.4. The van der Waals surface area contributed by atoms with Crippen LogP contribution in [0.5, 0.6) is 0 Å². The monoisotopic (exact) mass is 319 g/mol. The number of thiocarbonyl (C=S) groups is 1. The smallest absolute Gasteiger partial charge is 0.372 e. The molecule has 0 fully saturated rings. The Labute approximate surface area is 125 Å². The van der Waals surface area contributed by atoms with E-state index in [2.05, 4.69) is 22.4 Å². The molecule has 0 aliphatic heterocycles. The lowest BCUT2D eigenvalue weighted by Gasteiger charge is -2.19. The molecule has 1 rings (SSSR count). The summed E-state index contributed by atoms with van der Waals surface area (Å²) in [4.78, 5) is 15.6. The molecule has 0 amide bonds. The van der Waals surface area contributed by atoms with E-state index in [-0.39, 0.29) is 10.7 Å². The van der Waals surface area contributed by atoms with Crippen LogP contribution in [0.15, 0.2) is 22.0 Å². The van der Waals surface area contributed by atoms with E-state index in [0.717, 1.165) is 17.8 Å². The first-order valence-corrected chi connectivity index (χ1v) is 6.81. The van der Waals surface area contributed by atoms with Crippen molar-refractivity contribution in [3.63, 3.8) is 0 Å². The van der Waals surface area contributed by atoms with Crippen molar-refractivity contribution in [2.75, 3.05) is 0 Å². The van der Waals surface area contributed by atoms with E-state index in [1.54, 1.807) is 20.8 Å². The fraction of sp³-hybridized carbons (Fsp3) is 0.333. The SMILES string of the molecule is CC(C)(C)OC(=O)Sc1cc(N=C=S)c(F)cc1Cl. The molecule has 0 bridgehead atoms. The number of halogens is 2. The van der Waals surface area contributed by atoms with Gasteiger partial charge >= 0.3 is 5.30 Å². The van der Waals surface area contributed by atoms with Crippen molar-refractivity contribution in [2.24, 2.45) is 4.99 Å². The van der Waals surface area contributed by atoms with Gasteiger partial charge in [0.1, 0.15) is 11.3 Å². The Morgan fingerprint density at radius 2 is 2.16 bits per heavy atom. The first-order chi connectivity index (χ1) is 8.73. The zero-order valence-electron chi connectivity index (χ0n) is 10.5. The van der Waals surface area contributed by atoms with Crippen LogP contribution in [0.1, 0.15) is 20.8 Å². The highest BCUT2D eigenvalue weighted by Gasteiger charge is 2.19. The molecule has 0 spiro atoms. The van der Waals surface area contributed by atoms with Crippen LogP contribution in [-0.4, -0.2) is 16.1 Å². The Morgan fingerprint density at radius 1 is 1.53 bits per heavy atom. The third-order valence-corrected chi connectivity index (χ3v) is 3.07. The number of nitrogens with zero attached hydrogens (tertiary/aromatic N) is 1. The first kappa shape index (κ1) is 16.1.